The van der Waals surface area contributed by atoms with Crippen LogP contribution in [0.1, 0.15) is 388 Å². The Morgan fingerprint density at radius 3 is 0.731 bits per heavy atom. The second-order valence-electron chi connectivity index (χ2n) is 27.2. The number of aliphatic hydroxyl groups is 1. The summed E-state index contributed by atoms with van der Waals surface area (Å²) in [5.74, 6) is -1.33. The van der Waals surface area contributed by atoms with E-state index in [4.69, 9.17) is 37.0 Å². The van der Waals surface area contributed by atoms with Crippen molar-refractivity contribution >= 4 is 39.5 Å². The molecule has 0 heterocycles. The van der Waals surface area contributed by atoms with Crippen LogP contribution in [-0.4, -0.2) is 96.7 Å². The third kappa shape index (κ3) is 68.4. The van der Waals surface area contributed by atoms with Gasteiger partial charge in [0.15, 0.2) is 12.2 Å². The molecule has 93 heavy (non-hydrogen) atoms. The zero-order valence-electron chi connectivity index (χ0n) is 60.4. The zero-order chi connectivity index (χ0) is 68.4. The van der Waals surface area contributed by atoms with Gasteiger partial charge >= 0.3 is 39.5 Å². The lowest BCUT2D eigenvalue weighted by atomic mass is 10.0. The minimum atomic E-state index is -4.95. The quantitative estimate of drug-likeness (QED) is 0.0222. The van der Waals surface area contributed by atoms with E-state index >= 15 is 0 Å². The van der Waals surface area contributed by atoms with Crippen LogP contribution in [-0.2, 0) is 65.4 Å². The van der Waals surface area contributed by atoms with Crippen molar-refractivity contribution in [1.29, 1.82) is 0 Å². The molecule has 0 amide bonds. The van der Waals surface area contributed by atoms with Crippen LogP contribution in [0.25, 0.3) is 0 Å². The Bertz CT molecular complexity index is 1790. The summed E-state index contributed by atoms with van der Waals surface area (Å²) in [6, 6.07) is 0. The molecule has 2 unspecified atom stereocenters. The van der Waals surface area contributed by atoms with E-state index in [1.807, 2.05) is 0 Å². The van der Waals surface area contributed by atoms with E-state index in [1.165, 1.54) is 199 Å². The fourth-order valence-corrected chi connectivity index (χ4v) is 12.9. The van der Waals surface area contributed by atoms with Crippen LogP contribution < -0.4 is 0 Å². The van der Waals surface area contributed by atoms with E-state index in [1.54, 1.807) is 0 Å². The molecule has 5 atom stereocenters. The molecular formula is C74H144O17P2. The number of unbranched alkanes of at least 4 members (excludes halogenated alkanes) is 46. The predicted octanol–water partition coefficient (Wildman–Crippen LogP) is 21.7. The minimum Gasteiger partial charge on any atom is -0.462 e. The molecule has 0 aromatic carbocycles. The van der Waals surface area contributed by atoms with Gasteiger partial charge in [-0.05, 0) is 31.6 Å². The van der Waals surface area contributed by atoms with Gasteiger partial charge in [0.2, 0.25) is 0 Å². The SMILES string of the molecule is CCCCCCCCCCCCCCCCCCC(=O)OC[C@H](COP(=O)(O)OC[C@@H](O)COP(=O)(O)OC[C@@H](COC(=O)CCCCCCCCC)OC(=O)CCCCCCCCCCCCCCCC)OC(=O)CCCCCCCCCCCCCCCC(C)C. The number of rotatable bonds is 74. The van der Waals surface area contributed by atoms with E-state index in [0.717, 1.165) is 109 Å². The molecule has 0 saturated carbocycles. The summed E-state index contributed by atoms with van der Waals surface area (Å²) < 4.78 is 68.4. The highest BCUT2D eigenvalue weighted by atomic mass is 31.2. The molecule has 552 valence electrons. The van der Waals surface area contributed by atoms with Crippen LogP contribution in [0.15, 0.2) is 0 Å². The van der Waals surface area contributed by atoms with Crippen molar-refractivity contribution in [2.24, 2.45) is 5.92 Å². The lowest BCUT2D eigenvalue weighted by Crippen LogP contribution is -2.30. The highest BCUT2D eigenvalue weighted by Crippen LogP contribution is 2.45. The molecule has 0 aromatic rings. The summed E-state index contributed by atoms with van der Waals surface area (Å²) in [5.41, 5.74) is 0. The number of ether oxygens (including phenoxy) is 4. The van der Waals surface area contributed by atoms with Gasteiger partial charge in [0, 0.05) is 25.7 Å². The van der Waals surface area contributed by atoms with Gasteiger partial charge in [0.1, 0.15) is 19.3 Å². The molecule has 0 aromatic heterocycles. The first kappa shape index (κ1) is 91.1. The highest BCUT2D eigenvalue weighted by Gasteiger charge is 2.30. The summed E-state index contributed by atoms with van der Waals surface area (Å²) in [7, 11) is -9.90. The molecule has 0 radical (unpaired) electrons. The van der Waals surface area contributed by atoms with Crippen LogP contribution in [0.2, 0.25) is 0 Å². The Morgan fingerprint density at radius 1 is 0.290 bits per heavy atom. The number of carbonyl (C=O) groups is 4. The molecule has 0 fully saturated rings. The Kier molecular flexibility index (Phi) is 65.9. The molecule has 0 spiro atoms. The maximum atomic E-state index is 13.1. The third-order valence-corrected chi connectivity index (χ3v) is 19.2. The molecule has 0 saturated heterocycles. The molecule has 0 rings (SSSR count). The average Bonchev–Trinajstić information content (AvgIpc) is 2.60. The minimum absolute atomic E-state index is 0.108. The molecule has 3 N–H and O–H groups in total. The number of aliphatic hydroxyl groups excluding tert-OH is 1. The van der Waals surface area contributed by atoms with E-state index < -0.39 is 97.5 Å². The average molecular weight is 1370 g/mol. The Morgan fingerprint density at radius 2 is 0.495 bits per heavy atom. The second kappa shape index (κ2) is 67.3. The molecule has 0 bridgehead atoms. The number of phosphoric ester groups is 2. The van der Waals surface area contributed by atoms with Gasteiger partial charge in [0.05, 0.1) is 26.4 Å². The fourth-order valence-electron chi connectivity index (χ4n) is 11.4. The largest absolute Gasteiger partial charge is 0.472 e. The highest BCUT2D eigenvalue weighted by molar-refractivity contribution is 7.47. The summed E-state index contributed by atoms with van der Waals surface area (Å²) in [4.78, 5) is 72.6. The third-order valence-electron chi connectivity index (χ3n) is 17.3. The van der Waals surface area contributed by atoms with E-state index in [9.17, 15) is 43.2 Å². The van der Waals surface area contributed by atoms with Gasteiger partial charge in [-0.15, -0.1) is 0 Å². The summed E-state index contributed by atoms with van der Waals surface area (Å²) in [5, 5.41) is 10.6. The van der Waals surface area contributed by atoms with Gasteiger partial charge in [-0.25, -0.2) is 9.13 Å². The van der Waals surface area contributed by atoms with Gasteiger partial charge < -0.3 is 33.8 Å². The standard InChI is InChI=1S/C74H144O17P2/c1-6-9-12-15-18-20-22-24-26-27-31-34-38-43-48-53-58-72(77)85-64-70(91-74(79)60-55-50-45-40-36-32-28-29-33-37-42-46-51-56-67(4)5)66-89-93(82,83)87-62-68(75)61-86-92(80,81)88-65-69(63-84-71(76)57-52-47-41-17-14-11-8-3)90-73(78)59-54-49-44-39-35-30-25-23-21-19-16-13-10-7-2/h67-70,75H,6-66H2,1-5H3,(H,80,81)(H,82,83)/t68-,69+,70+/m0/s1. The number of hydrogen-bond acceptors (Lipinski definition) is 15. The topological polar surface area (TPSA) is 237 Å². The molecule has 19 heteroatoms. The lowest BCUT2D eigenvalue weighted by Gasteiger charge is -2.21. The van der Waals surface area contributed by atoms with Gasteiger partial charge in [0.25, 0.3) is 0 Å². The first-order chi connectivity index (χ1) is 45.0. The number of esters is 4. The maximum Gasteiger partial charge on any atom is 0.472 e. The van der Waals surface area contributed by atoms with Crippen molar-refractivity contribution in [2.75, 3.05) is 39.6 Å². The predicted molar refractivity (Wildman–Crippen MR) is 377 cm³/mol. The van der Waals surface area contributed by atoms with Crippen molar-refractivity contribution in [2.45, 2.75) is 406 Å². The molecule has 17 nitrogen and oxygen atoms in total. The first-order valence-electron chi connectivity index (χ1n) is 38.6. The van der Waals surface area contributed by atoms with Gasteiger partial charge in [-0.1, -0.05) is 336 Å². The summed E-state index contributed by atoms with van der Waals surface area (Å²) in [6.07, 6.45) is 55.5. The monoisotopic (exact) mass is 1370 g/mol. The Hall–Kier alpha value is -1.94. The van der Waals surface area contributed by atoms with Crippen LogP contribution in [0.4, 0.5) is 0 Å². The van der Waals surface area contributed by atoms with Gasteiger partial charge in [-0.3, -0.25) is 37.3 Å². The van der Waals surface area contributed by atoms with Gasteiger partial charge in [-0.2, -0.15) is 0 Å². The number of phosphoric acid groups is 2. The smallest absolute Gasteiger partial charge is 0.462 e. The summed E-state index contributed by atoms with van der Waals surface area (Å²) in [6.45, 7) is 7.26. The van der Waals surface area contributed by atoms with Crippen LogP contribution in [0.5, 0.6) is 0 Å². The number of hydrogen-bond donors (Lipinski definition) is 3. The zero-order valence-corrected chi connectivity index (χ0v) is 62.2. The summed E-state index contributed by atoms with van der Waals surface area (Å²) >= 11 is 0. The van der Waals surface area contributed by atoms with Crippen LogP contribution >= 0.6 is 15.6 Å². The molecular weight excluding hydrogens is 1220 g/mol. The normalized spacial score (nSPS) is 14.0. The fraction of sp³-hybridized carbons (Fsp3) is 0.946. The van der Waals surface area contributed by atoms with Crippen LogP contribution in [0.3, 0.4) is 0 Å². The molecule has 0 aliphatic heterocycles. The van der Waals surface area contributed by atoms with E-state index in [-0.39, 0.29) is 25.7 Å². The van der Waals surface area contributed by atoms with Crippen LogP contribution in [0, 0.1) is 5.92 Å². The van der Waals surface area contributed by atoms with Crippen molar-refractivity contribution in [1.82, 2.24) is 0 Å². The van der Waals surface area contributed by atoms with Crippen molar-refractivity contribution < 1.29 is 80.2 Å². The molecule has 0 aliphatic carbocycles. The lowest BCUT2D eigenvalue weighted by molar-refractivity contribution is -0.161. The van der Waals surface area contributed by atoms with Crippen molar-refractivity contribution in [3.63, 3.8) is 0 Å². The van der Waals surface area contributed by atoms with E-state index in [2.05, 4.69) is 34.6 Å². The van der Waals surface area contributed by atoms with Crippen molar-refractivity contribution in [3.8, 4) is 0 Å². The van der Waals surface area contributed by atoms with E-state index in [0.29, 0.717) is 25.7 Å². The number of carbonyl (C=O) groups excluding carboxylic acids is 4. The van der Waals surface area contributed by atoms with Crippen molar-refractivity contribution in [3.05, 3.63) is 0 Å². The Balaban J connectivity index is 5.20. The molecule has 0 aliphatic rings. The maximum absolute atomic E-state index is 13.1. The second-order valence-corrected chi connectivity index (χ2v) is 30.1. The first-order valence-corrected chi connectivity index (χ1v) is 41.6. The Labute approximate surface area is 568 Å².